The van der Waals surface area contributed by atoms with Crippen LogP contribution in [0.15, 0.2) is 0 Å². The topological polar surface area (TPSA) is 6.48 Å². The number of thiol groups is 3. The van der Waals surface area contributed by atoms with Crippen molar-refractivity contribution in [1.29, 1.82) is 0 Å². The van der Waals surface area contributed by atoms with E-state index in [1.54, 1.807) is 0 Å². The first-order valence-electron chi connectivity index (χ1n) is 6.38. The van der Waals surface area contributed by atoms with Crippen molar-refractivity contribution in [3.8, 4) is 0 Å². The van der Waals surface area contributed by atoms with Gasteiger partial charge in [0, 0.05) is 13.1 Å². The molecule has 0 aromatic heterocycles. The van der Waals surface area contributed by atoms with Gasteiger partial charge in [0.05, 0.1) is 5.37 Å². The van der Waals surface area contributed by atoms with Crippen LogP contribution in [-0.4, -0.2) is 46.1 Å². The van der Waals surface area contributed by atoms with Crippen LogP contribution < -0.4 is 0 Å². The molecule has 2 nitrogen and oxygen atoms in total. The zero-order valence-electron chi connectivity index (χ0n) is 11.1. The number of hydrogen-bond donors (Lipinski definition) is 3. The van der Waals surface area contributed by atoms with Crippen molar-refractivity contribution in [3.63, 3.8) is 0 Å². The minimum atomic E-state index is 0.231. The van der Waals surface area contributed by atoms with Gasteiger partial charge in [0.2, 0.25) is 0 Å². The van der Waals surface area contributed by atoms with Crippen LogP contribution in [0.25, 0.3) is 0 Å². The second-order valence-corrected chi connectivity index (χ2v) is 7.05. The second kappa shape index (κ2) is 6.94. The molecule has 5 heteroatoms. The molecule has 1 rings (SSSR count). The van der Waals surface area contributed by atoms with Crippen LogP contribution in [0.1, 0.15) is 33.6 Å². The predicted molar refractivity (Wildman–Crippen MR) is 86.4 cm³/mol. The third-order valence-electron chi connectivity index (χ3n) is 3.65. The van der Waals surface area contributed by atoms with E-state index < -0.39 is 0 Å². The maximum absolute atomic E-state index is 4.69. The molecular formula is C12H26N2S3. The van der Waals surface area contributed by atoms with E-state index in [1.807, 2.05) is 0 Å². The Bertz CT molecular complexity index is 236. The van der Waals surface area contributed by atoms with Crippen molar-refractivity contribution < 1.29 is 0 Å². The van der Waals surface area contributed by atoms with Crippen molar-refractivity contribution in [2.75, 3.05) is 25.4 Å². The number of nitrogens with zero attached hydrogens (tertiary/aromatic N) is 2. The van der Waals surface area contributed by atoms with Crippen molar-refractivity contribution in [2.45, 2.75) is 44.5 Å². The lowest BCUT2D eigenvalue weighted by atomic mass is 9.86. The van der Waals surface area contributed by atoms with Gasteiger partial charge >= 0.3 is 0 Å². The fourth-order valence-corrected chi connectivity index (χ4v) is 3.88. The molecule has 0 aromatic rings. The minimum Gasteiger partial charge on any atom is -0.277 e. The highest BCUT2D eigenvalue weighted by Crippen LogP contribution is 2.30. The largest absolute Gasteiger partial charge is 0.277 e. The van der Waals surface area contributed by atoms with Gasteiger partial charge in [-0.1, -0.05) is 20.8 Å². The normalized spacial score (nSPS) is 27.9. The van der Waals surface area contributed by atoms with E-state index in [1.165, 1.54) is 6.42 Å². The van der Waals surface area contributed by atoms with E-state index in [-0.39, 0.29) is 5.50 Å². The molecule has 0 amide bonds. The number of likely N-dealkylation sites (N-methyl/N-ethyl adjacent to an activating group) is 1. The highest BCUT2D eigenvalue weighted by molar-refractivity contribution is 7.82. The highest BCUT2D eigenvalue weighted by Gasteiger charge is 2.35. The summed E-state index contributed by atoms with van der Waals surface area (Å²) in [6.07, 6.45) is 2.34. The average Bonchev–Trinajstić information content (AvgIpc) is 2.51. The zero-order valence-corrected chi connectivity index (χ0v) is 13.8. The van der Waals surface area contributed by atoms with Gasteiger partial charge in [0.25, 0.3) is 0 Å². The molecule has 0 N–H and O–H groups in total. The summed E-state index contributed by atoms with van der Waals surface area (Å²) < 4.78 is 0. The van der Waals surface area contributed by atoms with Crippen LogP contribution in [0.5, 0.6) is 0 Å². The summed E-state index contributed by atoms with van der Waals surface area (Å²) >= 11 is 13.7. The summed E-state index contributed by atoms with van der Waals surface area (Å²) in [5.74, 6) is 0.961. The third-order valence-corrected chi connectivity index (χ3v) is 4.95. The first-order chi connectivity index (χ1) is 7.91. The molecule has 17 heavy (non-hydrogen) atoms. The van der Waals surface area contributed by atoms with Crippen LogP contribution in [-0.2, 0) is 0 Å². The van der Waals surface area contributed by atoms with E-state index in [0.717, 1.165) is 31.8 Å². The molecule has 1 heterocycles. The molecule has 102 valence electrons. The highest BCUT2D eigenvalue weighted by atomic mass is 32.1. The van der Waals surface area contributed by atoms with E-state index in [9.17, 15) is 0 Å². The minimum absolute atomic E-state index is 0.231. The Morgan fingerprint density at radius 1 is 1.24 bits per heavy atom. The fourth-order valence-electron chi connectivity index (χ4n) is 2.19. The molecule has 0 saturated carbocycles. The van der Waals surface area contributed by atoms with Crippen molar-refractivity contribution in [2.24, 2.45) is 5.41 Å². The monoisotopic (exact) mass is 294 g/mol. The van der Waals surface area contributed by atoms with Crippen LogP contribution >= 0.6 is 37.9 Å². The molecule has 2 atom stereocenters. The summed E-state index contributed by atoms with van der Waals surface area (Å²) in [6.45, 7) is 9.94. The molecule has 1 fully saturated rings. The zero-order chi connectivity index (χ0) is 13.1. The van der Waals surface area contributed by atoms with E-state index >= 15 is 0 Å². The third kappa shape index (κ3) is 4.53. The van der Waals surface area contributed by atoms with Gasteiger partial charge in [-0.05, 0) is 30.6 Å². The van der Waals surface area contributed by atoms with E-state index in [4.69, 9.17) is 12.6 Å². The smallest absolute Gasteiger partial charge is 0.109 e. The molecule has 0 aliphatic carbocycles. The van der Waals surface area contributed by atoms with Gasteiger partial charge in [-0.3, -0.25) is 9.80 Å². The SMILES string of the molecule is CCN1CC(S)N(CCC(C)(C)CCS)C1S. The fraction of sp³-hybridized carbons (Fsp3) is 1.00. The Morgan fingerprint density at radius 2 is 1.88 bits per heavy atom. The van der Waals surface area contributed by atoms with E-state index in [0.29, 0.717) is 10.8 Å². The summed E-state index contributed by atoms with van der Waals surface area (Å²) in [7, 11) is 0. The first kappa shape index (κ1) is 16.0. The lowest BCUT2D eigenvalue weighted by Gasteiger charge is -2.31. The maximum atomic E-state index is 4.69. The summed E-state index contributed by atoms with van der Waals surface area (Å²) in [5, 5.41) is 0.323. The Labute approximate surface area is 123 Å². The van der Waals surface area contributed by atoms with Crippen LogP contribution in [0.2, 0.25) is 0 Å². The molecule has 2 unspecified atom stereocenters. The van der Waals surface area contributed by atoms with Crippen molar-refractivity contribution >= 4 is 37.9 Å². The Hall–Kier alpha value is 0.970. The maximum Gasteiger partial charge on any atom is 0.109 e. The summed E-state index contributed by atoms with van der Waals surface area (Å²) in [6, 6.07) is 0. The quantitative estimate of drug-likeness (QED) is 0.648. The molecule has 0 spiro atoms. The summed E-state index contributed by atoms with van der Waals surface area (Å²) in [5.41, 5.74) is 0.594. The lowest BCUT2D eigenvalue weighted by molar-refractivity contribution is 0.185. The predicted octanol–water partition coefficient (Wildman–Crippen LogP) is 2.83. The Morgan fingerprint density at radius 3 is 2.35 bits per heavy atom. The van der Waals surface area contributed by atoms with Gasteiger partial charge in [0.1, 0.15) is 5.50 Å². The van der Waals surface area contributed by atoms with Gasteiger partial charge in [-0.2, -0.15) is 25.3 Å². The van der Waals surface area contributed by atoms with Gasteiger partial charge in [-0.15, -0.1) is 12.6 Å². The number of hydrogen-bond acceptors (Lipinski definition) is 5. The van der Waals surface area contributed by atoms with Crippen molar-refractivity contribution in [3.05, 3.63) is 0 Å². The molecule has 0 bridgehead atoms. The van der Waals surface area contributed by atoms with Gasteiger partial charge in [0.15, 0.2) is 0 Å². The molecule has 0 radical (unpaired) electrons. The lowest BCUT2D eigenvalue weighted by Crippen LogP contribution is -2.37. The second-order valence-electron chi connectivity index (χ2n) is 5.54. The van der Waals surface area contributed by atoms with Crippen molar-refractivity contribution in [1.82, 2.24) is 9.80 Å². The number of rotatable bonds is 6. The average molecular weight is 295 g/mol. The Kier molecular flexibility index (Phi) is 6.54. The molecule has 0 aromatic carbocycles. The van der Waals surface area contributed by atoms with Crippen LogP contribution in [0, 0.1) is 5.41 Å². The molecule has 1 aliphatic heterocycles. The summed E-state index contributed by atoms with van der Waals surface area (Å²) in [4.78, 5) is 4.74. The van der Waals surface area contributed by atoms with E-state index in [2.05, 4.69) is 55.8 Å². The molecule has 1 saturated heterocycles. The van der Waals surface area contributed by atoms with Crippen LogP contribution in [0.4, 0.5) is 0 Å². The van der Waals surface area contributed by atoms with Crippen LogP contribution in [0.3, 0.4) is 0 Å². The Balaban J connectivity index is 2.46. The standard InChI is InChI=1S/C12H26N2S3/c1-4-13-9-10(16)14(11(13)17)7-5-12(2,3)6-8-15/h10-11,15-17H,4-9H2,1-3H3. The molecular weight excluding hydrogens is 268 g/mol. The first-order valence-corrected chi connectivity index (χ1v) is 8.04. The van der Waals surface area contributed by atoms with Gasteiger partial charge in [-0.25, -0.2) is 0 Å². The van der Waals surface area contributed by atoms with Gasteiger partial charge < -0.3 is 0 Å². The molecule has 1 aliphatic rings.